The molecule has 1 fully saturated rings. The molecule has 14 heavy (non-hydrogen) atoms. The van der Waals surface area contributed by atoms with Crippen molar-refractivity contribution in [2.75, 3.05) is 0 Å². The number of alkyl halides is 1. The molecule has 1 saturated carbocycles. The van der Waals surface area contributed by atoms with Gasteiger partial charge in [0, 0.05) is 12.6 Å². The van der Waals surface area contributed by atoms with Crippen LogP contribution >= 0.6 is 0 Å². The molecule has 2 rings (SSSR count). The first kappa shape index (κ1) is 9.69. The number of rotatable bonds is 2. The lowest BCUT2D eigenvalue weighted by molar-refractivity contribution is 0.192. The summed E-state index contributed by atoms with van der Waals surface area (Å²) in [5.41, 5.74) is 1.24. The Hall–Kier alpha value is -0.860. The van der Waals surface area contributed by atoms with E-state index in [-0.39, 0.29) is 0 Å². The average Bonchev–Trinajstić information content (AvgIpc) is 2.66. The van der Waals surface area contributed by atoms with Gasteiger partial charge in [-0.3, -0.25) is 4.68 Å². The van der Waals surface area contributed by atoms with Gasteiger partial charge in [0.15, 0.2) is 0 Å². The molecule has 1 aromatic heterocycles. The van der Waals surface area contributed by atoms with E-state index in [2.05, 4.69) is 18.2 Å². The molecule has 3 heteroatoms. The second-order valence-corrected chi connectivity index (χ2v) is 4.10. The molecular formula is C11H17FN2. The molecule has 2 atom stereocenters. The normalized spacial score (nSPS) is 27.9. The Bertz CT molecular complexity index is 295. The van der Waals surface area contributed by atoms with Crippen LogP contribution in [-0.2, 0) is 6.42 Å². The minimum atomic E-state index is -0.622. The van der Waals surface area contributed by atoms with Crippen molar-refractivity contribution in [2.45, 2.75) is 51.2 Å². The molecule has 0 saturated heterocycles. The Balaban J connectivity index is 2.06. The van der Waals surface area contributed by atoms with Crippen molar-refractivity contribution in [3.63, 3.8) is 0 Å². The molecule has 1 aliphatic carbocycles. The van der Waals surface area contributed by atoms with Crippen LogP contribution in [0, 0.1) is 0 Å². The largest absolute Gasteiger partial charge is 0.269 e. The second-order valence-electron chi connectivity index (χ2n) is 4.10. The first-order chi connectivity index (χ1) is 6.79. The van der Waals surface area contributed by atoms with E-state index in [1.165, 1.54) is 5.56 Å². The highest BCUT2D eigenvalue weighted by Crippen LogP contribution is 2.29. The minimum absolute atomic E-state index is 0.291. The predicted molar refractivity (Wildman–Crippen MR) is 54.0 cm³/mol. The van der Waals surface area contributed by atoms with Crippen molar-refractivity contribution >= 4 is 0 Å². The third-order valence-corrected chi connectivity index (χ3v) is 3.02. The van der Waals surface area contributed by atoms with E-state index in [1.54, 1.807) is 0 Å². The van der Waals surface area contributed by atoms with Gasteiger partial charge in [-0.05, 0) is 31.2 Å². The summed E-state index contributed by atoms with van der Waals surface area (Å²) in [6.45, 7) is 2.11. The van der Waals surface area contributed by atoms with Crippen LogP contribution in [0.15, 0.2) is 12.4 Å². The maximum atomic E-state index is 13.2. The van der Waals surface area contributed by atoms with Crippen molar-refractivity contribution in [2.24, 2.45) is 0 Å². The number of aromatic nitrogens is 2. The second kappa shape index (κ2) is 4.11. The highest BCUT2D eigenvalue weighted by atomic mass is 19.1. The zero-order valence-corrected chi connectivity index (χ0v) is 8.62. The van der Waals surface area contributed by atoms with Crippen molar-refractivity contribution < 1.29 is 4.39 Å². The predicted octanol–water partition coefficient (Wildman–Crippen LogP) is 2.90. The Labute approximate surface area is 84.1 Å². The first-order valence-corrected chi connectivity index (χ1v) is 5.46. The smallest absolute Gasteiger partial charge is 0.102 e. The number of nitrogens with zero attached hydrogens (tertiary/aromatic N) is 2. The molecule has 0 aliphatic heterocycles. The fourth-order valence-corrected chi connectivity index (χ4v) is 2.11. The summed E-state index contributed by atoms with van der Waals surface area (Å²) in [6.07, 6.45) is 7.78. The highest BCUT2D eigenvalue weighted by Gasteiger charge is 2.23. The lowest BCUT2D eigenvalue weighted by atomic mass is 9.94. The third-order valence-electron chi connectivity index (χ3n) is 3.02. The molecule has 0 bridgehead atoms. The average molecular weight is 196 g/mol. The highest BCUT2D eigenvalue weighted by molar-refractivity contribution is 5.04. The summed E-state index contributed by atoms with van der Waals surface area (Å²) in [4.78, 5) is 0. The van der Waals surface area contributed by atoms with Crippen LogP contribution in [0.5, 0.6) is 0 Å². The maximum Gasteiger partial charge on any atom is 0.102 e. The lowest BCUT2D eigenvalue weighted by Crippen LogP contribution is -2.20. The zero-order valence-electron chi connectivity index (χ0n) is 8.62. The molecule has 1 aromatic rings. The first-order valence-electron chi connectivity index (χ1n) is 5.46. The quantitative estimate of drug-likeness (QED) is 0.711. The lowest BCUT2D eigenvalue weighted by Gasteiger charge is -2.24. The van der Waals surface area contributed by atoms with Gasteiger partial charge >= 0.3 is 0 Å². The molecule has 0 N–H and O–H groups in total. The number of aryl methyl sites for hydroxylation is 1. The zero-order chi connectivity index (χ0) is 9.97. The molecule has 2 nitrogen and oxygen atoms in total. The number of halogens is 1. The summed E-state index contributed by atoms with van der Waals surface area (Å²) in [6, 6.07) is 0.291. The fraction of sp³-hybridized carbons (Fsp3) is 0.727. The van der Waals surface area contributed by atoms with E-state index in [0.717, 1.165) is 25.7 Å². The maximum absolute atomic E-state index is 13.2. The van der Waals surface area contributed by atoms with Gasteiger partial charge in [-0.1, -0.05) is 6.92 Å². The van der Waals surface area contributed by atoms with Crippen molar-refractivity contribution in [1.82, 2.24) is 9.78 Å². The molecule has 78 valence electrons. The van der Waals surface area contributed by atoms with E-state index in [1.807, 2.05) is 10.9 Å². The monoisotopic (exact) mass is 196 g/mol. The van der Waals surface area contributed by atoms with Gasteiger partial charge in [0.25, 0.3) is 0 Å². The van der Waals surface area contributed by atoms with Crippen LogP contribution in [0.1, 0.15) is 44.2 Å². The molecule has 2 unspecified atom stereocenters. The molecule has 0 radical (unpaired) electrons. The van der Waals surface area contributed by atoms with E-state index < -0.39 is 6.17 Å². The van der Waals surface area contributed by atoms with Gasteiger partial charge in [-0.25, -0.2) is 4.39 Å². The molecule has 1 aliphatic rings. The van der Waals surface area contributed by atoms with Gasteiger partial charge in [-0.2, -0.15) is 5.10 Å². The number of hydrogen-bond donors (Lipinski definition) is 0. The molecule has 0 amide bonds. The van der Waals surface area contributed by atoms with Crippen LogP contribution in [-0.4, -0.2) is 16.0 Å². The molecule has 0 aromatic carbocycles. The van der Waals surface area contributed by atoms with Crippen molar-refractivity contribution in [1.29, 1.82) is 0 Å². The van der Waals surface area contributed by atoms with Crippen LogP contribution in [0.25, 0.3) is 0 Å². The van der Waals surface area contributed by atoms with Crippen LogP contribution in [0.3, 0.4) is 0 Å². The van der Waals surface area contributed by atoms with Crippen LogP contribution < -0.4 is 0 Å². The summed E-state index contributed by atoms with van der Waals surface area (Å²) in [5.74, 6) is 0. The summed E-state index contributed by atoms with van der Waals surface area (Å²) < 4.78 is 15.1. The molecular weight excluding hydrogens is 179 g/mol. The van der Waals surface area contributed by atoms with E-state index >= 15 is 0 Å². The fourth-order valence-electron chi connectivity index (χ4n) is 2.11. The van der Waals surface area contributed by atoms with Gasteiger partial charge < -0.3 is 0 Å². The van der Waals surface area contributed by atoms with E-state index in [9.17, 15) is 4.39 Å². The molecule has 1 heterocycles. The topological polar surface area (TPSA) is 17.8 Å². The van der Waals surface area contributed by atoms with E-state index in [0.29, 0.717) is 12.5 Å². The Morgan fingerprint density at radius 2 is 2.43 bits per heavy atom. The van der Waals surface area contributed by atoms with Crippen LogP contribution in [0.2, 0.25) is 0 Å². The summed E-state index contributed by atoms with van der Waals surface area (Å²) >= 11 is 0. The summed E-state index contributed by atoms with van der Waals surface area (Å²) in [5, 5.41) is 4.30. The van der Waals surface area contributed by atoms with Gasteiger partial charge in [-0.15, -0.1) is 0 Å². The number of hydrogen-bond acceptors (Lipinski definition) is 1. The SMILES string of the molecule is CCc1cnn(C2CCCC(F)C2)c1. The molecule has 0 spiro atoms. The Morgan fingerprint density at radius 1 is 1.57 bits per heavy atom. The van der Waals surface area contributed by atoms with Gasteiger partial charge in [0.05, 0.1) is 12.2 Å². The Morgan fingerprint density at radius 3 is 3.07 bits per heavy atom. The minimum Gasteiger partial charge on any atom is -0.269 e. The van der Waals surface area contributed by atoms with Crippen molar-refractivity contribution in [3.05, 3.63) is 18.0 Å². The Kier molecular flexibility index (Phi) is 2.85. The third kappa shape index (κ3) is 1.97. The summed E-state index contributed by atoms with van der Waals surface area (Å²) in [7, 11) is 0. The van der Waals surface area contributed by atoms with Crippen LogP contribution in [0.4, 0.5) is 4.39 Å². The van der Waals surface area contributed by atoms with Crippen molar-refractivity contribution in [3.8, 4) is 0 Å². The standard InChI is InChI=1S/C11H17FN2/c1-2-9-7-13-14(8-9)11-5-3-4-10(12)6-11/h7-8,10-11H,2-6H2,1H3. The van der Waals surface area contributed by atoms with Gasteiger partial charge in [0.2, 0.25) is 0 Å². The van der Waals surface area contributed by atoms with E-state index in [4.69, 9.17) is 0 Å². The van der Waals surface area contributed by atoms with Gasteiger partial charge in [0.1, 0.15) is 6.17 Å².